The highest BCUT2D eigenvalue weighted by Gasteiger charge is 2.40. The van der Waals surface area contributed by atoms with Crippen molar-refractivity contribution in [2.24, 2.45) is 5.92 Å². The topological polar surface area (TPSA) is 74.6 Å². The lowest BCUT2D eigenvalue weighted by molar-refractivity contribution is -0.141. The molecule has 152 valence electrons. The van der Waals surface area contributed by atoms with Gasteiger partial charge >= 0.3 is 5.97 Å². The minimum Gasteiger partial charge on any atom is -0.481 e. The van der Waals surface area contributed by atoms with Gasteiger partial charge in [-0.25, -0.2) is 4.39 Å². The molecule has 4 nitrogen and oxygen atoms in total. The molecule has 4 atom stereocenters. The Labute approximate surface area is 169 Å². The molecule has 3 aromatic rings. The number of hydrogen-bond acceptors (Lipinski definition) is 2. The minimum atomic E-state index is -4.23. The van der Waals surface area contributed by atoms with Crippen LogP contribution >= 0.6 is 7.37 Å². The van der Waals surface area contributed by atoms with Crippen molar-refractivity contribution in [3.05, 3.63) is 83.9 Å². The molecule has 3 rings (SSSR count). The fourth-order valence-electron chi connectivity index (χ4n) is 3.54. The molecule has 0 bridgehead atoms. The van der Waals surface area contributed by atoms with Crippen LogP contribution in [0.25, 0.3) is 10.8 Å². The fraction of sp³-hybridized carbons (Fsp3) is 0.261. The number of carbonyl (C=O) groups is 1. The Bertz CT molecular complexity index is 1040. The van der Waals surface area contributed by atoms with Gasteiger partial charge in [0.25, 0.3) is 0 Å². The summed E-state index contributed by atoms with van der Waals surface area (Å²) in [6.07, 6.45) is -0.352. The van der Waals surface area contributed by atoms with E-state index < -0.39 is 31.1 Å². The zero-order valence-corrected chi connectivity index (χ0v) is 17.0. The first-order valence-electron chi connectivity index (χ1n) is 9.49. The maximum absolute atomic E-state index is 15.5. The summed E-state index contributed by atoms with van der Waals surface area (Å²) in [6.45, 7) is 1.49. The van der Waals surface area contributed by atoms with Gasteiger partial charge in [-0.3, -0.25) is 9.36 Å². The van der Waals surface area contributed by atoms with Crippen molar-refractivity contribution in [3.8, 4) is 0 Å². The van der Waals surface area contributed by atoms with Crippen LogP contribution in [0.4, 0.5) is 4.39 Å². The Morgan fingerprint density at radius 2 is 1.62 bits per heavy atom. The second-order valence-electron chi connectivity index (χ2n) is 7.46. The highest BCUT2D eigenvalue weighted by atomic mass is 31.2. The SMILES string of the molecule is CC(CC(c1ccc2ccccc2c1)C(F)P(=O)(O)Cc1ccccc1)C(=O)O. The lowest BCUT2D eigenvalue weighted by atomic mass is 9.89. The van der Waals surface area contributed by atoms with Crippen LogP contribution in [0.2, 0.25) is 0 Å². The first-order valence-corrected chi connectivity index (χ1v) is 11.4. The molecule has 0 saturated heterocycles. The van der Waals surface area contributed by atoms with Gasteiger partial charge in [-0.05, 0) is 28.3 Å². The van der Waals surface area contributed by atoms with Crippen molar-refractivity contribution in [1.82, 2.24) is 0 Å². The Hall–Kier alpha value is -2.49. The third-order valence-electron chi connectivity index (χ3n) is 5.20. The zero-order chi connectivity index (χ0) is 21.0. The van der Waals surface area contributed by atoms with Crippen molar-refractivity contribution in [2.45, 2.75) is 31.3 Å². The van der Waals surface area contributed by atoms with Gasteiger partial charge in [0.15, 0.2) is 5.91 Å². The molecule has 0 aliphatic rings. The summed E-state index contributed by atoms with van der Waals surface area (Å²) in [4.78, 5) is 22.0. The molecule has 4 unspecified atom stereocenters. The molecule has 0 aliphatic carbocycles. The van der Waals surface area contributed by atoms with E-state index in [0.29, 0.717) is 11.1 Å². The molecule has 0 amide bonds. The maximum Gasteiger partial charge on any atom is 0.306 e. The Balaban J connectivity index is 1.96. The highest BCUT2D eigenvalue weighted by Crippen LogP contribution is 2.56. The van der Waals surface area contributed by atoms with Gasteiger partial charge in [-0.15, -0.1) is 0 Å². The molecule has 0 heterocycles. The van der Waals surface area contributed by atoms with E-state index in [1.807, 2.05) is 30.3 Å². The average molecular weight is 414 g/mol. The van der Waals surface area contributed by atoms with Gasteiger partial charge < -0.3 is 10.00 Å². The monoisotopic (exact) mass is 414 g/mol. The van der Waals surface area contributed by atoms with Crippen LogP contribution in [0.1, 0.15) is 30.4 Å². The molecule has 2 N–H and O–H groups in total. The van der Waals surface area contributed by atoms with E-state index in [4.69, 9.17) is 0 Å². The summed E-state index contributed by atoms with van der Waals surface area (Å²) in [7, 11) is -4.23. The lowest BCUT2D eigenvalue weighted by Gasteiger charge is -2.27. The molecule has 0 aliphatic heterocycles. The van der Waals surface area contributed by atoms with Gasteiger partial charge in [-0.2, -0.15) is 0 Å². The number of carboxylic acids is 1. The van der Waals surface area contributed by atoms with E-state index in [-0.39, 0.29) is 12.6 Å². The van der Waals surface area contributed by atoms with Crippen molar-refractivity contribution in [2.75, 3.05) is 0 Å². The van der Waals surface area contributed by atoms with Crippen LogP contribution < -0.4 is 0 Å². The molecular formula is C23H24FO4P. The third kappa shape index (κ3) is 5.11. The molecule has 0 aromatic heterocycles. The van der Waals surface area contributed by atoms with Crippen molar-refractivity contribution in [1.29, 1.82) is 0 Å². The molecule has 0 radical (unpaired) electrons. The normalized spacial score (nSPS) is 16.7. The van der Waals surface area contributed by atoms with Crippen LogP contribution in [0, 0.1) is 5.92 Å². The molecule has 0 fully saturated rings. The molecule has 3 aromatic carbocycles. The van der Waals surface area contributed by atoms with Crippen LogP contribution in [-0.2, 0) is 15.5 Å². The summed E-state index contributed by atoms with van der Waals surface area (Å²) in [5.41, 5.74) is 1.11. The minimum absolute atomic E-state index is 0.0613. The second-order valence-corrected chi connectivity index (χ2v) is 9.78. The van der Waals surface area contributed by atoms with E-state index in [9.17, 15) is 19.4 Å². The number of fused-ring (bicyclic) bond motifs is 1. The number of alkyl halides is 1. The number of benzene rings is 3. The second kappa shape index (κ2) is 8.89. The smallest absolute Gasteiger partial charge is 0.306 e. The average Bonchev–Trinajstić information content (AvgIpc) is 2.71. The van der Waals surface area contributed by atoms with Crippen LogP contribution in [0.3, 0.4) is 0 Å². The maximum atomic E-state index is 15.5. The molecular weight excluding hydrogens is 390 g/mol. The Kier molecular flexibility index (Phi) is 6.51. The molecule has 0 saturated carbocycles. The molecule has 29 heavy (non-hydrogen) atoms. The van der Waals surface area contributed by atoms with Crippen molar-refractivity contribution in [3.63, 3.8) is 0 Å². The highest BCUT2D eigenvalue weighted by molar-refractivity contribution is 7.57. The van der Waals surface area contributed by atoms with E-state index in [2.05, 4.69) is 0 Å². The number of rotatable bonds is 8. The molecule has 0 spiro atoms. The van der Waals surface area contributed by atoms with E-state index in [0.717, 1.165) is 10.8 Å². The van der Waals surface area contributed by atoms with E-state index >= 15 is 4.39 Å². The van der Waals surface area contributed by atoms with Crippen molar-refractivity contribution >= 4 is 24.1 Å². The zero-order valence-electron chi connectivity index (χ0n) is 16.1. The van der Waals surface area contributed by atoms with Gasteiger partial charge in [-0.1, -0.05) is 79.7 Å². The Morgan fingerprint density at radius 3 is 2.28 bits per heavy atom. The Morgan fingerprint density at radius 1 is 1.00 bits per heavy atom. The third-order valence-corrected chi connectivity index (χ3v) is 7.15. The van der Waals surface area contributed by atoms with Crippen LogP contribution in [0.5, 0.6) is 0 Å². The van der Waals surface area contributed by atoms with Gasteiger partial charge in [0, 0.05) is 5.92 Å². The summed E-state index contributed by atoms with van der Waals surface area (Å²) < 4.78 is 28.5. The quantitative estimate of drug-likeness (QED) is 0.457. The summed E-state index contributed by atoms with van der Waals surface area (Å²) >= 11 is 0. The summed E-state index contributed by atoms with van der Waals surface area (Å²) in [5.74, 6) is -4.96. The number of hydrogen-bond donors (Lipinski definition) is 2. The van der Waals surface area contributed by atoms with Crippen LogP contribution in [0.15, 0.2) is 72.8 Å². The largest absolute Gasteiger partial charge is 0.481 e. The van der Waals surface area contributed by atoms with Crippen LogP contribution in [-0.4, -0.2) is 21.9 Å². The number of aliphatic carboxylic acids is 1. The fourth-order valence-corrected chi connectivity index (χ4v) is 5.31. The first kappa shape index (κ1) is 21.2. The standard InChI is InChI=1S/C23H24FO4P/c1-16(23(25)26)13-21(20-12-11-18-9-5-6-10-19(18)14-20)22(24)29(27,28)15-17-7-3-2-4-8-17/h2-12,14,16,21-22H,13,15H2,1H3,(H,25,26)(H,27,28). The summed E-state index contributed by atoms with van der Waals surface area (Å²) in [5, 5.41) is 11.2. The predicted molar refractivity (Wildman–Crippen MR) is 113 cm³/mol. The van der Waals surface area contributed by atoms with Gasteiger partial charge in [0.1, 0.15) is 0 Å². The lowest BCUT2D eigenvalue weighted by Crippen LogP contribution is -2.21. The van der Waals surface area contributed by atoms with Gasteiger partial charge in [0.05, 0.1) is 12.1 Å². The van der Waals surface area contributed by atoms with Crippen molar-refractivity contribution < 1.29 is 23.7 Å². The first-order chi connectivity index (χ1) is 13.8. The number of halogens is 1. The summed E-state index contributed by atoms with van der Waals surface area (Å²) in [6, 6.07) is 21.5. The number of carboxylic acid groups (broad SMARTS) is 1. The predicted octanol–water partition coefficient (Wildman–Crippen LogP) is 5.80. The van der Waals surface area contributed by atoms with Gasteiger partial charge in [0.2, 0.25) is 7.37 Å². The van der Waals surface area contributed by atoms with E-state index in [1.165, 1.54) is 6.92 Å². The van der Waals surface area contributed by atoms with E-state index in [1.54, 1.807) is 42.5 Å². The molecule has 6 heteroatoms.